The lowest BCUT2D eigenvalue weighted by Gasteiger charge is -2.12. The molecule has 140 valence electrons. The van der Waals surface area contributed by atoms with Crippen molar-refractivity contribution < 1.29 is 9.47 Å². The predicted molar refractivity (Wildman–Crippen MR) is 120 cm³/mol. The van der Waals surface area contributed by atoms with Gasteiger partial charge < -0.3 is 9.47 Å². The maximum atomic E-state index is 6.26. The van der Waals surface area contributed by atoms with Gasteiger partial charge in [0.15, 0.2) is 5.75 Å². The summed E-state index contributed by atoms with van der Waals surface area (Å²) in [6.07, 6.45) is 2.69. The van der Waals surface area contributed by atoms with Crippen molar-refractivity contribution in [2.24, 2.45) is 0 Å². The molecular weight excluding hydrogens is 546 g/mol. The molecule has 0 spiro atoms. The van der Waals surface area contributed by atoms with Crippen molar-refractivity contribution in [3.05, 3.63) is 60.9 Å². The first-order valence-electron chi connectivity index (χ1n) is 7.60. The highest BCUT2D eigenvalue weighted by molar-refractivity contribution is 9.28. The molecule has 0 saturated heterocycles. The van der Waals surface area contributed by atoms with Crippen LogP contribution in [0.15, 0.2) is 50.8 Å². The molecule has 0 heterocycles. The van der Waals surface area contributed by atoms with E-state index in [1.165, 1.54) is 4.90 Å². The summed E-state index contributed by atoms with van der Waals surface area (Å²) in [5.74, 6) is 1.99. The molecular formula is C18H15Br2Cl3O2S. The van der Waals surface area contributed by atoms with E-state index in [2.05, 4.69) is 31.9 Å². The van der Waals surface area contributed by atoms with Gasteiger partial charge in [0.25, 0.3) is 0 Å². The fourth-order valence-electron chi connectivity index (χ4n) is 1.91. The Balaban J connectivity index is 1.79. The Labute approximate surface area is 189 Å². The molecule has 2 aromatic carbocycles. The molecule has 0 fully saturated rings. The second kappa shape index (κ2) is 11.7. The molecule has 0 saturated carbocycles. The van der Waals surface area contributed by atoms with Gasteiger partial charge in [-0.15, -0.1) is 11.8 Å². The van der Waals surface area contributed by atoms with Gasteiger partial charge >= 0.3 is 0 Å². The van der Waals surface area contributed by atoms with Crippen LogP contribution in [0.5, 0.6) is 11.5 Å². The molecule has 0 unspecified atom stereocenters. The molecule has 2 nitrogen and oxygen atoms in total. The summed E-state index contributed by atoms with van der Waals surface area (Å²) in [5, 5.41) is 1.60. The third-order valence-corrected chi connectivity index (χ3v) is 5.64. The van der Waals surface area contributed by atoms with E-state index in [-0.39, 0.29) is 0 Å². The lowest BCUT2D eigenvalue weighted by Crippen LogP contribution is -2.01. The number of rotatable bonds is 9. The number of hydrogen-bond donors (Lipinski definition) is 0. The topological polar surface area (TPSA) is 18.5 Å². The van der Waals surface area contributed by atoms with Crippen molar-refractivity contribution in [1.82, 2.24) is 0 Å². The quantitative estimate of drug-likeness (QED) is 0.227. The smallest absolute Gasteiger partial charge is 0.156 e. The van der Waals surface area contributed by atoms with Crippen LogP contribution in [-0.4, -0.2) is 19.0 Å². The fourth-order valence-corrected chi connectivity index (χ4v) is 3.71. The lowest BCUT2D eigenvalue weighted by atomic mass is 10.3. The Morgan fingerprint density at radius 3 is 2.27 bits per heavy atom. The minimum absolute atomic E-state index is 0.390. The molecule has 0 amide bonds. The Morgan fingerprint density at radius 2 is 1.65 bits per heavy atom. The van der Waals surface area contributed by atoms with Crippen molar-refractivity contribution in [3.8, 4) is 11.5 Å². The molecule has 2 aromatic rings. The molecule has 0 atom stereocenters. The monoisotopic (exact) mass is 558 g/mol. The normalized spacial score (nSPS) is 10.5. The summed E-state index contributed by atoms with van der Waals surface area (Å²) < 4.78 is 12.1. The summed E-state index contributed by atoms with van der Waals surface area (Å²) in [6.45, 7) is 0.917. The largest absolute Gasteiger partial charge is 0.490 e. The van der Waals surface area contributed by atoms with Crippen LogP contribution >= 0.6 is 78.4 Å². The molecule has 0 aromatic heterocycles. The second-order valence-corrected chi connectivity index (χ2v) is 10.2. The van der Waals surface area contributed by atoms with Crippen LogP contribution in [0.3, 0.4) is 0 Å². The molecule has 8 heteroatoms. The molecule has 0 bridgehead atoms. The second-order valence-electron chi connectivity index (χ2n) is 5.03. The van der Waals surface area contributed by atoms with Gasteiger partial charge in [-0.05, 0) is 68.6 Å². The first kappa shape index (κ1) is 22.3. The van der Waals surface area contributed by atoms with E-state index in [1.54, 1.807) is 23.9 Å². The Morgan fingerprint density at radius 1 is 1.00 bits per heavy atom. The van der Waals surface area contributed by atoms with Crippen molar-refractivity contribution >= 4 is 78.4 Å². The zero-order chi connectivity index (χ0) is 18.9. The van der Waals surface area contributed by atoms with Crippen molar-refractivity contribution in [1.29, 1.82) is 0 Å². The number of benzene rings is 2. The maximum Gasteiger partial charge on any atom is 0.156 e. The van der Waals surface area contributed by atoms with E-state index >= 15 is 0 Å². The van der Waals surface area contributed by atoms with Crippen LogP contribution < -0.4 is 9.47 Å². The van der Waals surface area contributed by atoms with Crippen molar-refractivity contribution in [2.45, 2.75) is 11.3 Å². The van der Waals surface area contributed by atoms with Crippen LogP contribution in [0.25, 0.3) is 0 Å². The Bertz CT molecular complexity index is 728. The van der Waals surface area contributed by atoms with E-state index < -0.39 is 0 Å². The van der Waals surface area contributed by atoms with Gasteiger partial charge in [0, 0.05) is 27.8 Å². The third kappa shape index (κ3) is 7.91. The summed E-state index contributed by atoms with van der Waals surface area (Å²) >= 11 is 26.7. The van der Waals surface area contributed by atoms with E-state index in [0.717, 1.165) is 20.6 Å². The first-order chi connectivity index (χ1) is 12.5. The molecule has 0 aliphatic rings. The van der Waals surface area contributed by atoms with Gasteiger partial charge in [0.1, 0.15) is 12.4 Å². The minimum atomic E-state index is 0.390. The predicted octanol–water partition coefficient (Wildman–Crippen LogP) is 8.22. The molecule has 2 rings (SSSR count). The number of thioether (sulfide) groups is 1. The summed E-state index contributed by atoms with van der Waals surface area (Å²) in [5.41, 5.74) is 0. The van der Waals surface area contributed by atoms with E-state index in [9.17, 15) is 0 Å². The summed E-state index contributed by atoms with van der Waals surface area (Å²) in [7, 11) is 0. The Hall–Kier alpha value is -0.0400. The number of ether oxygens (including phenoxy) is 2. The lowest BCUT2D eigenvalue weighted by molar-refractivity contribution is 0.317. The third-order valence-electron chi connectivity index (χ3n) is 3.08. The molecule has 0 aliphatic carbocycles. The summed E-state index contributed by atoms with van der Waals surface area (Å²) in [4.78, 5) is 1.18. The van der Waals surface area contributed by atoms with Gasteiger partial charge in [-0.25, -0.2) is 0 Å². The summed E-state index contributed by atoms with van der Waals surface area (Å²) in [6, 6.07) is 11.2. The van der Waals surface area contributed by atoms with E-state index in [4.69, 9.17) is 44.3 Å². The van der Waals surface area contributed by atoms with E-state index in [0.29, 0.717) is 34.8 Å². The highest BCUT2D eigenvalue weighted by Crippen LogP contribution is 2.37. The number of halogens is 5. The van der Waals surface area contributed by atoms with Gasteiger partial charge in [-0.3, -0.25) is 0 Å². The van der Waals surface area contributed by atoms with Gasteiger partial charge in [0.05, 0.1) is 20.0 Å². The van der Waals surface area contributed by atoms with Crippen LogP contribution in [0.2, 0.25) is 15.1 Å². The average Bonchev–Trinajstić information content (AvgIpc) is 2.58. The molecule has 26 heavy (non-hydrogen) atoms. The Kier molecular flexibility index (Phi) is 10.0. The van der Waals surface area contributed by atoms with Crippen molar-refractivity contribution in [3.63, 3.8) is 0 Å². The van der Waals surface area contributed by atoms with Crippen LogP contribution in [0.1, 0.15) is 6.42 Å². The van der Waals surface area contributed by atoms with Crippen LogP contribution in [0, 0.1) is 0 Å². The first-order valence-corrected chi connectivity index (χ1v) is 11.3. The highest BCUT2D eigenvalue weighted by atomic mass is 79.9. The van der Waals surface area contributed by atoms with Crippen LogP contribution in [-0.2, 0) is 0 Å². The fraction of sp³-hybridized carbons (Fsp3) is 0.222. The zero-order valence-electron chi connectivity index (χ0n) is 13.5. The molecule has 0 N–H and O–H groups in total. The van der Waals surface area contributed by atoms with Crippen molar-refractivity contribution in [2.75, 3.05) is 19.0 Å². The van der Waals surface area contributed by atoms with Crippen LogP contribution in [0.4, 0.5) is 0 Å². The standard InChI is InChI=1S/C18H15Br2Cl3O2S/c19-17(20)6-8-24-13-10-15(22)18(16(23)11-13)25-7-1-9-26-14-4-2-12(21)3-5-14/h2-6,10-11H,1,7-9H2. The average molecular weight is 562 g/mol. The van der Waals surface area contributed by atoms with Gasteiger partial charge in [-0.1, -0.05) is 34.8 Å². The maximum absolute atomic E-state index is 6.26. The molecule has 0 aliphatic heterocycles. The highest BCUT2D eigenvalue weighted by Gasteiger charge is 2.10. The molecule has 0 radical (unpaired) electrons. The van der Waals surface area contributed by atoms with Gasteiger partial charge in [0.2, 0.25) is 0 Å². The minimum Gasteiger partial charge on any atom is -0.490 e. The van der Waals surface area contributed by atoms with E-state index in [1.807, 2.05) is 30.3 Å². The zero-order valence-corrected chi connectivity index (χ0v) is 19.7. The van der Waals surface area contributed by atoms with Gasteiger partial charge in [-0.2, -0.15) is 0 Å². The number of hydrogen-bond acceptors (Lipinski definition) is 3. The SMILES string of the molecule is Clc1ccc(SCCCOc2c(Cl)cc(OCC=C(Br)Br)cc2Cl)cc1.